The molecule has 1 atom stereocenters. The highest BCUT2D eigenvalue weighted by molar-refractivity contribution is 7.09. The highest BCUT2D eigenvalue weighted by Crippen LogP contribution is 2.34. The molecule has 0 spiro atoms. The number of thiazole rings is 1. The smallest absolute Gasteiger partial charge is 0.271 e. The van der Waals surface area contributed by atoms with Crippen LogP contribution in [0.15, 0.2) is 5.38 Å². The molecule has 1 aromatic heterocycles. The zero-order valence-electron chi connectivity index (χ0n) is 13.6. The van der Waals surface area contributed by atoms with E-state index in [-0.39, 0.29) is 41.9 Å². The molecule has 0 aliphatic carbocycles. The molecule has 2 heterocycles. The Morgan fingerprint density at radius 2 is 2.17 bits per heavy atom. The molecule has 1 saturated heterocycles. The van der Waals surface area contributed by atoms with Crippen LogP contribution in [0.2, 0.25) is 0 Å². The van der Waals surface area contributed by atoms with Gasteiger partial charge < -0.3 is 15.5 Å². The maximum atomic E-state index is 12.3. The van der Waals surface area contributed by atoms with Crippen molar-refractivity contribution in [2.24, 2.45) is 5.92 Å². The lowest BCUT2D eigenvalue weighted by Gasteiger charge is -2.24. The van der Waals surface area contributed by atoms with Crippen LogP contribution in [0.5, 0.6) is 0 Å². The minimum absolute atomic E-state index is 0.0459. The van der Waals surface area contributed by atoms with Crippen LogP contribution in [0, 0.1) is 5.92 Å². The van der Waals surface area contributed by atoms with Gasteiger partial charge in [-0.05, 0) is 12.8 Å². The van der Waals surface area contributed by atoms with Gasteiger partial charge in [-0.2, -0.15) is 0 Å². The minimum Gasteiger partial charge on any atom is -0.358 e. The van der Waals surface area contributed by atoms with Crippen molar-refractivity contribution in [3.63, 3.8) is 0 Å². The fourth-order valence-electron chi connectivity index (χ4n) is 2.50. The van der Waals surface area contributed by atoms with Gasteiger partial charge in [0.15, 0.2) is 0 Å². The monoisotopic (exact) mass is 338 g/mol. The summed E-state index contributed by atoms with van der Waals surface area (Å²) in [6.07, 6.45) is 1.81. The molecule has 2 N–H and O–H groups in total. The Morgan fingerprint density at radius 3 is 2.83 bits per heavy atom. The lowest BCUT2D eigenvalue weighted by Crippen LogP contribution is -2.35. The number of likely N-dealkylation sites (tertiary alicyclic amines) is 1. The van der Waals surface area contributed by atoms with E-state index in [0.29, 0.717) is 0 Å². The normalized spacial score (nSPS) is 17.4. The summed E-state index contributed by atoms with van der Waals surface area (Å²) in [6, 6.07) is -0.0459. The van der Waals surface area contributed by atoms with Crippen molar-refractivity contribution in [3.05, 3.63) is 16.1 Å². The SMILES string of the molecule is CNC(=O)CNC(=O)c1csc(C2CCCN2C(=O)C(C)C)n1. The van der Waals surface area contributed by atoms with Crippen LogP contribution in [0.25, 0.3) is 0 Å². The maximum absolute atomic E-state index is 12.3. The standard InChI is InChI=1S/C15H22N4O3S/c1-9(2)15(22)19-6-4-5-11(19)14-18-10(8-23-14)13(21)17-7-12(20)16-3/h8-9,11H,4-7H2,1-3H3,(H,16,20)(H,17,21). The van der Waals surface area contributed by atoms with Crippen molar-refractivity contribution in [2.75, 3.05) is 20.1 Å². The first kappa shape index (κ1) is 17.4. The van der Waals surface area contributed by atoms with E-state index >= 15 is 0 Å². The summed E-state index contributed by atoms with van der Waals surface area (Å²) in [5.74, 6) is -0.576. The van der Waals surface area contributed by atoms with Crippen molar-refractivity contribution >= 4 is 29.1 Å². The minimum atomic E-state index is -0.379. The van der Waals surface area contributed by atoms with Gasteiger partial charge in [0.1, 0.15) is 10.7 Å². The molecule has 1 aliphatic rings. The average molecular weight is 338 g/mol. The molecule has 0 radical (unpaired) electrons. The van der Waals surface area contributed by atoms with E-state index in [9.17, 15) is 14.4 Å². The maximum Gasteiger partial charge on any atom is 0.271 e. The van der Waals surface area contributed by atoms with E-state index in [4.69, 9.17) is 0 Å². The number of rotatable bonds is 5. The highest BCUT2D eigenvalue weighted by Gasteiger charge is 2.33. The molecule has 0 bridgehead atoms. The Labute approximate surface area is 139 Å². The molecule has 126 valence electrons. The van der Waals surface area contributed by atoms with Crippen LogP contribution >= 0.6 is 11.3 Å². The van der Waals surface area contributed by atoms with Gasteiger partial charge in [0.2, 0.25) is 11.8 Å². The van der Waals surface area contributed by atoms with Crippen LogP contribution in [0.3, 0.4) is 0 Å². The summed E-state index contributed by atoms with van der Waals surface area (Å²) in [5, 5.41) is 7.40. The number of hydrogen-bond acceptors (Lipinski definition) is 5. The van der Waals surface area contributed by atoms with E-state index in [2.05, 4.69) is 15.6 Å². The van der Waals surface area contributed by atoms with E-state index in [0.717, 1.165) is 24.4 Å². The number of likely N-dealkylation sites (N-methyl/N-ethyl adjacent to an activating group) is 1. The van der Waals surface area contributed by atoms with Crippen LogP contribution in [-0.2, 0) is 9.59 Å². The van der Waals surface area contributed by atoms with Gasteiger partial charge >= 0.3 is 0 Å². The Balaban J connectivity index is 2.05. The topological polar surface area (TPSA) is 91.4 Å². The third-order valence-electron chi connectivity index (χ3n) is 3.76. The predicted octanol–water partition coefficient (Wildman–Crippen LogP) is 0.938. The quantitative estimate of drug-likeness (QED) is 0.836. The second-order valence-corrected chi connectivity index (χ2v) is 6.66. The van der Waals surface area contributed by atoms with Crippen molar-refractivity contribution in [1.29, 1.82) is 0 Å². The molecule has 0 saturated carbocycles. The molecular formula is C15H22N4O3S. The first-order chi connectivity index (χ1) is 10.9. The zero-order chi connectivity index (χ0) is 17.0. The number of hydrogen-bond donors (Lipinski definition) is 2. The molecule has 0 aromatic carbocycles. The van der Waals surface area contributed by atoms with Gasteiger partial charge in [-0.25, -0.2) is 4.98 Å². The van der Waals surface area contributed by atoms with Crippen LogP contribution in [0.4, 0.5) is 0 Å². The van der Waals surface area contributed by atoms with Crippen molar-refractivity contribution in [3.8, 4) is 0 Å². The molecule has 2 rings (SSSR count). The molecule has 1 aromatic rings. The molecule has 1 unspecified atom stereocenters. The molecule has 7 nitrogen and oxygen atoms in total. The molecule has 1 aliphatic heterocycles. The van der Waals surface area contributed by atoms with Gasteiger partial charge in [0.05, 0.1) is 12.6 Å². The van der Waals surface area contributed by atoms with Crippen LogP contribution in [0.1, 0.15) is 48.2 Å². The zero-order valence-corrected chi connectivity index (χ0v) is 14.4. The summed E-state index contributed by atoms with van der Waals surface area (Å²) >= 11 is 1.38. The molecule has 3 amide bonds. The first-order valence-electron chi connectivity index (χ1n) is 7.68. The highest BCUT2D eigenvalue weighted by atomic mass is 32.1. The van der Waals surface area contributed by atoms with Crippen molar-refractivity contribution < 1.29 is 14.4 Å². The van der Waals surface area contributed by atoms with E-state index in [1.165, 1.54) is 18.4 Å². The number of carbonyl (C=O) groups excluding carboxylic acids is 3. The number of nitrogens with one attached hydrogen (secondary N) is 2. The third kappa shape index (κ3) is 4.07. The van der Waals surface area contributed by atoms with Gasteiger partial charge in [0.25, 0.3) is 5.91 Å². The Bertz CT molecular complexity index is 599. The second kappa shape index (κ2) is 7.54. The first-order valence-corrected chi connectivity index (χ1v) is 8.56. The summed E-state index contributed by atoms with van der Waals surface area (Å²) in [5.41, 5.74) is 0.290. The van der Waals surface area contributed by atoms with Gasteiger partial charge in [0, 0.05) is 24.9 Å². The number of amides is 3. The molecule has 23 heavy (non-hydrogen) atoms. The van der Waals surface area contributed by atoms with E-state index in [1.54, 1.807) is 5.38 Å². The average Bonchev–Trinajstić information content (AvgIpc) is 3.19. The predicted molar refractivity (Wildman–Crippen MR) is 87.0 cm³/mol. The Morgan fingerprint density at radius 1 is 1.43 bits per heavy atom. The molecular weight excluding hydrogens is 316 g/mol. The number of carbonyl (C=O) groups is 3. The summed E-state index contributed by atoms with van der Waals surface area (Å²) in [7, 11) is 1.51. The lowest BCUT2D eigenvalue weighted by atomic mass is 10.1. The molecule has 1 fully saturated rings. The van der Waals surface area contributed by atoms with E-state index in [1.807, 2.05) is 18.7 Å². The fourth-order valence-corrected chi connectivity index (χ4v) is 3.45. The Hall–Kier alpha value is -1.96. The molecule has 8 heteroatoms. The van der Waals surface area contributed by atoms with Crippen molar-refractivity contribution in [1.82, 2.24) is 20.5 Å². The summed E-state index contributed by atoms with van der Waals surface area (Å²) < 4.78 is 0. The van der Waals surface area contributed by atoms with Gasteiger partial charge in [-0.3, -0.25) is 14.4 Å². The van der Waals surface area contributed by atoms with Crippen LogP contribution < -0.4 is 10.6 Å². The summed E-state index contributed by atoms with van der Waals surface area (Å²) in [4.78, 5) is 41.6. The summed E-state index contributed by atoms with van der Waals surface area (Å²) in [6.45, 7) is 4.43. The largest absolute Gasteiger partial charge is 0.358 e. The Kier molecular flexibility index (Phi) is 5.70. The lowest BCUT2D eigenvalue weighted by molar-refractivity contribution is -0.135. The van der Waals surface area contributed by atoms with Crippen LogP contribution in [-0.4, -0.2) is 47.7 Å². The number of nitrogens with zero attached hydrogens (tertiary/aromatic N) is 2. The second-order valence-electron chi connectivity index (χ2n) is 5.77. The van der Waals surface area contributed by atoms with E-state index < -0.39 is 0 Å². The number of aromatic nitrogens is 1. The van der Waals surface area contributed by atoms with Gasteiger partial charge in [-0.15, -0.1) is 11.3 Å². The van der Waals surface area contributed by atoms with Crippen molar-refractivity contribution in [2.45, 2.75) is 32.7 Å². The van der Waals surface area contributed by atoms with Gasteiger partial charge in [-0.1, -0.05) is 13.8 Å². The third-order valence-corrected chi connectivity index (χ3v) is 4.70. The fraction of sp³-hybridized carbons (Fsp3) is 0.600.